The second kappa shape index (κ2) is 7.56. The van der Waals surface area contributed by atoms with Gasteiger partial charge in [0.2, 0.25) is 0 Å². The number of hydrogen-bond donors (Lipinski definition) is 1. The van der Waals surface area contributed by atoms with Gasteiger partial charge in [0.1, 0.15) is 5.75 Å². The molecular weight excluding hydrogens is 352 g/mol. The molecule has 0 amide bonds. The van der Waals surface area contributed by atoms with E-state index >= 15 is 0 Å². The van der Waals surface area contributed by atoms with Crippen LogP contribution in [0, 0.1) is 0 Å². The van der Waals surface area contributed by atoms with Gasteiger partial charge in [0, 0.05) is 6.42 Å². The van der Waals surface area contributed by atoms with E-state index in [1.165, 1.54) is 0 Å². The molecule has 1 atom stereocenters. The van der Waals surface area contributed by atoms with Gasteiger partial charge in [-0.15, -0.1) is 0 Å². The summed E-state index contributed by atoms with van der Waals surface area (Å²) in [6, 6.07) is 24.7. The predicted octanol–water partition coefficient (Wildman–Crippen LogP) is 4.75. The van der Waals surface area contributed by atoms with Gasteiger partial charge in [-0.2, -0.15) is 5.10 Å². The van der Waals surface area contributed by atoms with Crippen LogP contribution in [0.1, 0.15) is 33.9 Å². The molecule has 0 fully saturated rings. The summed E-state index contributed by atoms with van der Waals surface area (Å²) in [4.78, 5) is 11.8. The Morgan fingerprint density at radius 1 is 1.00 bits per heavy atom. The van der Waals surface area contributed by atoms with Crippen molar-refractivity contribution in [2.75, 3.05) is 12.1 Å². The summed E-state index contributed by atoms with van der Waals surface area (Å²) in [5, 5.41) is 16.3. The minimum atomic E-state index is -0.965. The summed E-state index contributed by atoms with van der Waals surface area (Å²) in [5.74, 6) is -0.184. The van der Waals surface area contributed by atoms with Crippen LogP contribution in [0.3, 0.4) is 0 Å². The molecule has 1 aliphatic heterocycles. The summed E-state index contributed by atoms with van der Waals surface area (Å²) < 4.78 is 5.26. The first kappa shape index (κ1) is 17.8. The van der Waals surface area contributed by atoms with Crippen molar-refractivity contribution >= 4 is 17.4 Å². The first-order valence-electron chi connectivity index (χ1n) is 9.06. The van der Waals surface area contributed by atoms with Crippen LogP contribution in [0.5, 0.6) is 5.75 Å². The van der Waals surface area contributed by atoms with E-state index in [1.807, 2.05) is 65.7 Å². The van der Waals surface area contributed by atoms with Crippen molar-refractivity contribution in [3.05, 3.63) is 95.6 Å². The van der Waals surface area contributed by atoms with Gasteiger partial charge < -0.3 is 9.84 Å². The van der Waals surface area contributed by atoms with Crippen LogP contribution in [-0.4, -0.2) is 23.9 Å². The van der Waals surface area contributed by atoms with E-state index in [0.29, 0.717) is 12.1 Å². The van der Waals surface area contributed by atoms with E-state index in [1.54, 1.807) is 25.3 Å². The first-order valence-corrected chi connectivity index (χ1v) is 9.06. The molecule has 3 aromatic rings. The van der Waals surface area contributed by atoms with Gasteiger partial charge in [-0.25, -0.2) is 4.79 Å². The second-order valence-corrected chi connectivity index (χ2v) is 6.57. The van der Waals surface area contributed by atoms with E-state index < -0.39 is 5.97 Å². The Bertz CT molecular complexity index is 1010. The lowest BCUT2D eigenvalue weighted by atomic mass is 9.97. The van der Waals surface area contributed by atoms with Crippen LogP contribution in [0.4, 0.5) is 5.69 Å². The maximum Gasteiger partial charge on any atom is 0.337 e. The Labute approximate surface area is 163 Å². The maximum absolute atomic E-state index is 11.8. The van der Waals surface area contributed by atoms with Crippen molar-refractivity contribution in [2.45, 2.75) is 12.5 Å². The number of aromatic carboxylic acids is 1. The highest BCUT2D eigenvalue weighted by Crippen LogP contribution is 2.38. The number of ether oxygens (including phenoxy) is 1. The minimum absolute atomic E-state index is 0.0957. The van der Waals surface area contributed by atoms with Crippen LogP contribution in [0.2, 0.25) is 0 Å². The van der Waals surface area contributed by atoms with Gasteiger partial charge in [-0.3, -0.25) is 5.01 Å². The molecule has 1 N–H and O–H groups in total. The molecule has 0 unspecified atom stereocenters. The Morgan fingerprint density at radius 2 is 1.68 bits per heavy atom. The number of carboxylic acid groups (broad SMARTS) is 1. The highest BCUT2D eigenvalue weighted by atomic mass is 16.5. The second-order valence-electron chi connectivity index (χ2n) is 6.57. The van der Waals surface area contributed by atoms with Gasteiger partial charge in [-0.1, -0.05) is 54.6 Å². The quantitative estimate of drug-likeness (QED) is 0.702. The van der Waals surface area contributed by atoms with Crippen molar-refractivity contribution in [3.63, 3.8) is 0 Å². The van der Waals surface area contributed by atoms with E-state index in [0.717, 1.165) is 22.6 Å². The summed E-state index contributed by atoms with van der Waals surface area (Å²) in [6.45, 7) is 0. The number of rotatable bonds is 5. The number of para-hydroxylation sites is 1. The fraction of sp³-hybridized carbons (Fsp3) is 0.130. The standard InChI is InChI=1S/C23H20N2O3/c1-28-18-13-11-17(12-14-18)22-15-20(16-7-3-2-4-8-16)24-25(22)21-10-6-5-9-19(21)23(26)27/h2-14,22H,15H2,1H3,(H,26,27)/t22-/m0/s1. The van der Waals surface area contributed by atoms with Crippen LogP contribution >= 0.6 is 0 Å². The lowest BCUT2D eigenvalue weighted by Crippen LogP contribution is -2.21. The molecule has 1 heterocycles. The Kier molecular flexibility index (Phi) is 4.81. The van der Waals surface area contributed by atoms with Crippen molar-refractivity contribution in [2.24, 2.45) is 5.10 Å². The zero-order chi connectivity index (χ0) is 19.5. The Morgan fingerprint density at radius 3 is 2.36 bits per heavy atom. The average Bonchev–Trinajstić information content (AvgIpc) is 3.20. The number of carboxylic acids is 1. The van der Waals surface area contributed by atoms with Crippen LogP contribution < -0.4 is 9.75 Å². The lowest BCUT2D eigenvalue weighted by molar-refractivity contribution is 0.0697. The molecule has 5 heteroatoms. The Hall–Kier alpha value is -3.60. The number of hydrazone groups is 1. The molecule has 4 rings (SSSR count). The minimum Gasteiger partial charge on any atom is -0.497 e. The molecule has 140 valence electrons. The third-order valence-electron chi connectivity index (χ3n) is 4.90. The molecule has 0 spiro atoms. The first-order chi connectivity index (χ1) is 13.7. The molecule has 5 nitrogen and oxygen atoms in total. The van der Waals surface area contributed by atoms with Gasteiger partial charge in [0.05, 0.1) is 30.1 Å². The van der Waals surface area contributed by atoms with Crippen LogP contribution in [-0.2, 0) is 0 Å². The SMILES string of the molecule is COc1ccc([C@@H]2CC(c3ccccc3)=NN2c2ccccc2C(=O)O)cc1. The van der Waals surface area contributed by atoms with E-state index in [4.69, 9.17) is 9.84 Å². The number of benzene rings is 3. The number of hydrogen-bond acceptors (Lipinski definition) is 4. The largest absolute Gasteiger partial charge is 0.497 e. The van der Waals surface area contributed by atoms with Gasteiger partial charge >= 0.3 is 5.97 Å². The fourth-order valence-corrected chi connectivity index (χ4v) is 3.48. The molecular formula is C23H20N2O3. The number of methoxy groups -OCH3 is 1. The lowest BCUT2D eigenvalue weighted by Gasteiger charge is -2.25. The monoisotopic (exact) mass is 372 g/mol. The normalized spacial score (nSPS) is 16.0. The third-order valence-corrected chi connectivity index (χ3v) is 4.90. The molecule has 3 aromatic carbocycles. The summed E-state index contributed by atoms with van der Waals surface area (Å²) in [5.41, 5.74) is 3.84. The van der Waals surface area contributed by atoms with Gasteiger partial charge in [0.15, 0.2) is 0 Å². The number of nitrogens with zero attached hydrogens (tertiary/aromatic N) is 2. The zero-order valence-corrected chi connectivity index (χ0v) is 15.4. The molecule has 0 radical (unpaired) electrons. The molecule has 0 aliphatic carbocycles. The molecule has 28 heavy (non-hydrogen) atoms. The third kappa shape index (κ3) is 3.34. The molecule has 0 aromatic heterocycles. The highest BCUT2D eigenvalue weighted by molar-refractivity contribution is 6.04. The zero-order valence-electron chi connectivity index (χ0n) is 15.4. The highest BCUT2D eigenvalue weighted by Gasteiger charge is 2.32. The summed E-state index contributed by atoms with van der Waals surface area (Å²) >= 11 is 0. The summed E-state index contributed by atoms with van der Waals surface area (Å²) in [7, 11) is 1.64. The van der Waals surface area contributed by atoms with E-state index in [9.17, 15) is 9.90 Å². The molecule has 0 bridgehead atoms. The fourth-order valence-electron chi connectivity index (χ4n) is 3.48. The molecule has 0 saturated carbocycles. The Balaban J connectivity index is 1.80. The van der Waals surface area contributed by atoms with Crippen molar-refractivity contribution in [3.8, 4) is 5.75 Å². The van der Waals surface area contributed by atoms with Crippen molar-refractivity contribution in [1.29, 1.82) is 0 Å². The number of anilines is 1. The van der Waals surface area contributed by atoms with E-state index in [2.05, 4.69) is 0 Å². The molecule has 1 aliphatic rings. The molecule has 0 saturated heterocycles. The topological polar surface area (TPSA) is 62.1 Å². The van der Waals surface area contributed by atoms with Crippen LogP contribution in [0.25, 0.3) is 0 Å². The van der Waals surface area contributed by atoms with Gasteiger partial charge in [0.25, 0.3) is 0 Å². The van der Waals surface area contributed by atoms with Crippen LogP contribution in [0.15, 0.2) is 84.0 Å². The number of carbonyl (C=O) groups is 1. The van der Waals surface area contributed by atoms with Gasteiger partial charge in [-0.05, 0) is 35.4 Å². The van der Waals surface area contributed by atoms with Crippen molar-refractivity contribution < 1.29 is 14.6 Å². The average molecular weight is 372 g/mol. The maximum atomic E-state index is 11.8. The smallest absolute Gasteiger partial charge is 0.337 e. The predicted molar refractivity (Wildman–Crippen MR) is 109 cm³/mol. The summed E-state index contributed by atoms with van der Waals surface area (Å²) in [6.07, 6.45) is 0.685. The van der Waals surface area contributed by atoms with Crippen molar-refractivity contribution in [1.82, 2.24) is 0 Å². The van der Waals surface area contributed by atoms with E-state index in [-0.39, 0.29) is 11.6 Å².